The van der Waals surface area contributed by atoms with Crippen molar-refractivity contribution in [3.05, 3.63) is 95.3 Å². The summed E-state index contributed by atoms with van der Waals surface area (Å²) in [5.41, 5.74) is 2.74. The van der Waals surface area contributed by atoms with E-state index in [1.807, 2.05) is 53.1 Å². The van der Waals surface area contributed by atoms with Gasteiger partial charge in [-0.2, -0.15) is 0 Å². The van der Waals surface area contributed by atoms with Crippen LogP contribution in [0, 0.1) is 5.82 Å². The predicted molar refractivity (Wildman–Crippen MR) is 108 cm³/mol. The maximum Gasteiger partial charge on any atom is 0.196 e. The van der Waals surface area contributed by atoms with Crippen LogP contribution in [0.25, 0.3) is 17.1 Å². The van der Waals surface area contributed by atoms with Gasteiger partial charge >= 0.3 is 0 Å². The number of benzene rings is 3. The standard InChI is InChI=1S/C21H15ClFN3S/c22-17-9-11-19(12-10-17)26-20(16-7-4-8-18(23)13-16)24-25-21(26)27-14-15-5-2-1-3-6-15/h1-13H,14H2. The topological polar surface area (TPSA) is 30.7 Å². The number of hydrogen-bond acceptors (Lipinski definition) is 3. The van der Waals surface area contributed by atoms with Crippen LogP contribution in [0.3, 0.4) is 0 Å². The fraction of sp³-hybridized carbons (Fsp3) is 0.0476. The average Bonchev–Trinajstić information content (AvgIpc) is 3.12. The van der Waals surface area contributed by atoms with Crippen LogP contribution in [0.15, 0.2) is 84.0 Å². The van der Waals surface area contributed by atoms with E-state index in [1.165, 1.54) is 17.7 Å². The van der Waals surface area contributed by atoms with E-state index in [-0.39, 0.29) is 5.82 Å². The third-order valence-electron chi connectivity index (χ3n) is 4.01. The summed E-state index contributed by atoms with van der Waals surface area (Å²) in [5.74, 6) is 1.04. The molecule has 0 radical (unpaired) electrons. The zero-order chi connectivity index (χ0) is 18.6. The number of nitrogens with zero attached hydrogens (tertiary/aromatic N) is 3. The molecule has 0 aliphatic carbocycles. The molecule has 0 saturated heterocycles. The van der Waals surface area contributed by atoms with Crippen molar-refractivity contribution in [2.45, 2.75) is 10.9 Å². The zero-order valence-electron chi connectivity index (χ0n) is 14.2. The van der Waals surface area contributed by atoms with E-state index in [0.717, 1.165) is 16.6 Å². The Morgan fingerprint density at radius 1 is 0.889 bits per heavy atom. The predicted octanol–water partition coefficient (Wildman–Crippen LogP) is 6.02. The minimum Gasteiger partial charge on any atom is -0.270 e. The van der Waals surface area contributed by atoms with Crippen LogP contribution in [0.5, 0.6) is 0 Å². The van der Waals surface area contributed by atoms with Gasteiger partial charge in [0.05, 0.1) is 0 Å². The van der Waals surface area contributed by atoms with Crippen molar-refractivity contribution in [1.82, 2.24) is 14.8 Å². The first-order valence-corrected chi connectivity index (χ1v) is 9.71. The lowest BCUT2D eigenvalue weighted by Gasteiger charge is -2.11. The van der Waals surface area contributed by atoms with Crippen LogP contribution in [-0.2, 0) is 5.75 Å². The molecule has 0 fully saturated rings. The molecule has 0 aliphatic heterocycles. The van der Waals surface area contributed by atoms with E-state index in [2.05, 4.69) is 22.3 Å². The number of rotatable bonds is 5. The smallest absolute Gasteiger partial charge is 0.196 e. The molecule has 1 heterocycles. The molecule has 0 unspecified atom stereocenters. The molecule has 134 valence electrons. The molecule has 0 amide bonds. The normalized spacial score (nSPS) is 10.9. The Bertz CT molecular complexity index is 1050. The van der Waals surface area contributed by atoms with Gasteiger partial charge in [-0.1, -0.05) is 65.8 Å². The van der Waals surface area contributed by atoms with E-state index >= 15 is 0 Å². The highest BCUT2D eigenvalue weighted by Gasteiger charge is 2.16. The van der Waals surface area contributed by atoms with Crippen molar-refractivity contribution in [2.75, 3.05) is 0 Å². The molecule has 0 N–H and O–H groups in total. The Kier molecular flexibility index (Phi) is 5.23. The highest BCUT2D eigenvalue weighted by Crippen LogP contribution is 2.30. The third kappa shape index (κ3) is 4.04. The van der Waals surface area contributed by atoms with Gasteiger partial charge < -0.3 is 0 Å². The van der Waals surface area contributed by atoms with Crippen molar-refractivity contribution < 1.29 is 4.39 Å². The van der Waals surface area contributed by atoms with E-state index in [1.54, 1.807) is 17.8 Å². The first-order valence-electron chi connectivity index (χ1n) is 8.35. The Labute approximate surface area is 165 Å². The number of thioether (sulfide) groups is 1. The van der Waals surface area contributed by atoms with E-state index in [0.29, 0.717) is 16.4 Å². The van der Waals surface area contributed by atoms with Crippen LogP contribution in [0.2, 0.25) is 5.02 Å². The van der Waals surface area contributed by atoms with Gasteiger partial charge in [0, 0.05) is 22.0 Å². The van der Waals surface area contributed by atoms with Crippen LogP contribution in [0.4, 0.5) is 4.39 Å². The van der Waals surface area contributed by atoms with Crippen molar-refractivity contribution in [3.8, 4) is 17.1 Å². The summed E-state index contributed by atoms with van der Waals surface area (Å²) >= 11 is 7.62. The second-order valence-electron chi connectivity index (χ2n) is 5.90. The fourth-order valence-corrected chi connectivity index (χ4v) is 3.76. The van der Waals surface area contributed by atoms with Crippen LogP contribution >= 0.6 is 23.4 Å². The highest BCUT2D eigenvalue weighted by molar-refractivity contribution is 7.98. The maximum atomic E-state index is 13.7. The summed E-state index contributed by atoms with van der Waals surface area (Å²) in [4.78, 5) is 0. The molecule has 0 saturated carbocycles. The van der Waals surface area contributed by atoms with Crippen molar-refractivity contribution in [1.29, 1.82) is 0 Å². The van der Waals surface area contributed by atoms with Gasteiger partial charge in [-0.25, -0.2) is 4.39 Å². The van der Waals surface area contributed by atoms with E-state index in [9.17, 15) is 4.39 Å². The monoisotopic (exact) mass is 395 g/mol. The van der Waals surface area contributed by atoms with Gasteiger partial charge in [-0.15, -0.1) is 10.2 Å². The summed E-state index contributed by atoms with van der Waals surface area (Å²) in [6.07, 6.45) is 0. The number of hydrogen-bond donors (Lipinski definition) is 0. The lowest BCUT2D eigenvalue weighted by Crippen LogP contribution is -2.00. The Morgan fingerprint density at radius 3 is 2.41 bits per heavy atom. The third-order valence-corrected chi connectivity index (χ3v) is 5.26. The molecule has 27 heavy (non-hydrogen) atoms. The molecule has 0 spiro atoms. The average molecular weight is 396 g/mol. The zero-order valence-corrected chi connectivity index (χ0v) is 15.8. The molecule has 1 aromatic heterocycles. The van der Waals surface area contributed by atoms with Crippen molar-refractivity contribution in [2.24, 2.45) is 0 Å². The minimum absolute atomic E-state index is 0.309. The van der Waals surface area contributed by atoms with Crippen LogP contribution in [0.1, 0.15) is 5.56 Å². The molecule has 4 aromatic rings. The first-order chi connectivity index (χ1) is 13.2. The molecular formula is C21H15ClFN3S. The SMILES string of the molecule is Fc1cccc(-c2nnc(SCc3ccccc3)n2-c2ccc(Cl)cc2)c1. The highest BCUT2D eigenvalue weighted by atomic mass is 35.5. The van der Waals surface area contributed by atoms with Gasteiger partial charge in [0.2, 0.25) is 0 Å². The van der Waals surface area contributed by atoms with Gasteiger partial charge in [0.25, 0.3) is 0 Å². The second kappa shape index (κ2) is 7.94. The van der Waals surface area contributed by atoms with Gasteiger partial charge in [0.15, 0.2) is 11.0 Å². The lowest BCUT2D eigenvalue weighted by molar-refractivity contribution is 0.628. The number of aromatic nitrogens is 3. The van der Waals surface area contributed by atoms with Crippen molar-refractivity contribution in [3.63, 3.8) is 0 Å². The van der Waals surface area contributed by atoms with Crippen LogP contribution in [-0.4, -0.2) is 14.8 Å². The van der Waals surface area contributed by atoms with Gasteiger partial charge in [0.1, 0.15) is 5.82 Å². The maximum absolute atomic E-state index is 13.7. The summed E-state index contributed by atoms with van der Waals surface area (Å²) in [7, 11) is 0. The molecule has 0 bridgehead atoms. The summed E-state index contributed by atoms with van der Waals surface area (Å²) in [6.45, 7) is 0. The molecule has 3 aromatic carbocycles. The lowest BCUT2D eigenvalue weighted by atomic mass is 10.2. The Morgan fingerprint density at radius 2 is 1.67 bits per heavy atom. The number of halogens is 2. The van der Waals surface area contributed by atoms with Crippen LogP contribution < -0.4 is 0 Å². The molecular weight excluding hydrogens is 381 g/mol. The van der Waals surface area contributed by atoms with Crippen molar-refractivity contribution >= 4 is 23.4 Å². The molecule has 6 heteroatoms. The second-order valence-corrected chi connectivity index (χ2v) is 7.28. The Hall–Kier alpha value is -2.63. The van der Waals surface area contributed by atoms with E-state index < -0.39 is 0 Å². The quantitative estimate of drug-likeness (QED) is 0.387. The summed E-state index contributed by atoms with van der Waals surface area (Å²) < 4.78 is 15.7. The van der Waals surface area contributed by atoms with E-state index in [4.69, 9.17) is 11.6 Å². The minimum atomic E-state index is -0.309. The molecule has 4 rings (SSSR count). The van der Waals surface area contributed by atoms with Gasteiger partial charge in [-0.3, -0.25) is 4.57 Å². The fourth-order valence-electron chi connectivity index (χ4n) is 2.72. The summed E-state index contributed by atoms with van der Waals surface area (Å²) in [5, 5.41) is 10.1. The molecule has 0 aliphatic rings. The Balaban J connectivity index is 1.75. The molecule has 3 nitrogen and oxygen atoms in total. The first kappa shape index (κ1) is 17.8. The molecule has 0 atom stereocenters. The van der Waals surface area contributed by atoms with Gasteiger partial charge in [-0.05, 0) is 42.0 Å². The largest absolute Gasteiger partial charge is 0.270 e. The summed E-state index contributed by atoms with van der Waals surface area (Å²) in [6, 6.07) is 24.0.